The summed E-state index contributed by atoms with van der Waals surface area (Å²) in [5.74, 6) is 0.339. The van der Waals surface area contributed by atoms with Crippen LogP contribution in [-0.2, 0) is 14.8 Å². The van der Waals surface area contributed by atoms with Crippen LogP contribution in [-0.4, -0.2) is 67.9 Å². The van der Waals surface area contributed by atoms with E-state index in [9.17, 15) is 13.2 Å². The van der Waals surface area contributed by atoms with Gasteiger partial charge in [0.1, 0.15) is 5.84 Å². The molecule has 3 heterocycles. The van der Waals surface area contributed by atoms with Crippen LogP contribution in [0.4, 0.5) is 0 Å². The summed E-state index contributed by atoms with van der Waals surface area (Å²) in [6.45, 7) is 4.61. The molecule has 1 atom stereocenters. The Hall–Kier alpha value is -1.67. The van der Waals surface area contributed by atoms with Gasteiger partial charge in [-0.2, -0.15) is 0 Å². The number of piperazine rings is 1. The molecule has 0 radical (unpaired) electrons. The molecule has 0 saturated carbocycles. The average Bonchev–Trinajstić information content (AvgIpc) is 2.46. The van der Waals surface area contributed by atoms with Gasteiger partial charge in [-0.05, 0) is 19.1 Å². The van der Waals surface area contributed by atoms with E-state index in [-0.39, 0.29) is 17.7 Å². The van der Waals surface area contributed by atoms with Gasteiger partial charge in [-0.15, -0.1) is 4.40 Å². The van der Waals surface area contributed by atoms with Crippen LogP contribution in [0.2, 0.25) is 0 Å². The maximum absolute atomic E-state index is 12.6. The van der Waals surface area contributed by atoms with Crippen molar-refractivity contribution < 1.29 is 13.2 Å². The molecule has 7 nitrogen and oxygen atoms in total. The van der Waals surface area contributed by atoms with Crippen molar-refractivity contribution in [2.75, 3.05) is 31.9 Å². The molecule has 0 spiro atoms. The summed E-state index contributed by atoms with van der Waals surface area (Å²) in [5, 5.41) is 3.25. The van der Waals surface area contributed by atoms with Crippen molar-refractivity contribution >= 4 is 21.8 Å². The lowest BCUT2D eigenvalue weighted by Gasteiger charge is -2.35. The fourth-order valence-corrected chi connectivity index (χ4v) is 3.61. The van der Waals surface area contributed by atoms with Gasteiger partial charge in [-0.1, -0.05) is 0 Å². The smallest absolute Gasteiger partial charge is 0.256 e. The molecular formula is C13H18N4O3S. The van der Waals surface area contributed by atoms with E-state index in [1.54, 1.807) is 23.3 Å². The Morgan fingerprint density at radius 2 is 2.19 bits per heavy atom. The molecule has 0 unspecified atom stereocenters. The molecule has 3 aliphatic heterocycles. The molecule has 1 amide bonds. The van der Waals surface area contributed by atoms with Crippen LogP contribution in [0.1, 0.15) is 6.92 Å². The van der Waals surface area contributed by atoms with Crippen molar-refractivity contribution in [1.82, 2.24) is 15.1 Å². The molecule has 0 aromatic heterocycles. The number of nitrogens with one attached hydrogen (secondary N) is 1. The molecule has 114 valence electrons. The van der Waals surface area contributed by atoms with E-state index < -0.39 is 10.0 Å². The average molecular weight is 310 g/mol. The number of amidine groups is 1. The Bertz CT molecular complexity index is 650. The second-order valence-corrected chi connectivity index (χ2v) is 7.15. The van der Waals surface area contributed by atoms with E-state index in [4.69, 9.17) is 0 Å². The van der Waals surface area contributed by atoms with E-state index in [1.807, 2.05) is 11.8 Å². The van der Waals surface area contributed by atoms with Crippen LogP contribution in [0.15, 0.2) is 28.3 Å². The largest absolute Gasteiger partial charge is 0.333 e. The van der Waals surface area contributed by atoms with Crippen molar-refractivity contribution in [3.8, 4) is 0 Å². The minimum absolute atomic E-state index is 0.0206. The zero-order chi connectivity index (χ0) is 15.0. The highest BCUT2D eigenvalue weighted by molar-refractivity contribution is 7.90. The van der Waals surface area contributed by atoms with Crippen molar-refractivity contribution in [1.29, 1.82) is 0 Å². The van der Waals surface area contributed by atoms with Gasteiger partial charge in [0.2, 0.25) is 0 Å². The quantitative estimate of drug-likeness (QED) is 0.693. The van der Waals surface area contributed by atoms with Crippen LogP contribution >= 0.6 is 0 Å². The highest BCUT2D eigenvalue weighted by Gasteiger charge is 2.29. The monoisotopic (exact) mass is 310 g/mol. The van der Waals surface area contributed by atoms with Gasteiger partial charge in [0.15, 0.2) is 0 Å². The summed E-state index contributed by atoms with van der Waals surface area (Å²) in [7, 11) is -3.36. The van der Waals surface area contributed by atoms with Crippen LogP contribution < -0.4 is 5.32 Å². The SMILES string of the molecule is C[C@H]1CNCCN1C(=O)C1=CN2CCS(=O)(=O)N=C2C=C1. The number of hydrogen-bond donors (Lipinski definition) is 1. The third kappa shape index (κ3) is 2.86. The van der Waals surface area contributed by atoms with E-state index >= 15 is 0 Å². The minimum Gasteiger partial charge on any atom is -0.333 e. The fourth-order valence-electron chi connectivity index (χ4n) is 2.64. The van der Waals surface area contributed by atoms with Gasteiger partial charge in [0.25, 0.3) is 15.9 Å². The minimum atomic E-state index is -3.36. The van der Waals surface area contributed by atoms with Gasteiger partial charge in [-0.3, -0.25) is 4.79 Å². The Balaban J connectivity index is 1.81. The Labute approximate surface area is 124 Å². The number of carbonyl (C=O) groups is 1. The maximum atomic E-state index is 12.6. The number of carbonyl (C=O) groups excluding carboxylic acids is 1. The van der Waals surface area contributed by atoms with Crippen molar-refractivity contribution in [2.45, 2.75) is 13.0 Å². The van der Waals surface area contributed by atoms with Crippen LogP contribution in [0.3, 0.4) is 0 Å². The Morgan fingerprint density at radius 3 is 2.95 bits per heavy atom. The number of sulfonamides is 1. The van der Waals surface area contributed by atoms with Gasteiger partial charge < -0.3 is 15.1 Å². The first-order chi connectivity index (χ1) is 9.96. The second-order valence-electron chi connectivity index (χ2n) is 5.40. The maximum Gasteiger partial charge on any atom is 0.256 e. The highest BCUT2D eigenvalue weighted by Crippen LogP contribution is 2.18. The Kier molecular flexibility index (Phi) is 3.58. The molecule has 3 aliphatic rings. The molecular weight excluding hydrogens is 292 g/mol. The fraction of sp³-hybridized carbons (Fsp3) is 0.538. The zero-order valence-corrected chi connectivity index (χ0v) is 12.6. The number of hydrogen-bond acceptors (Lipinski definition) is 5. The molecule has 1 saturated heterocycles. The van der Waals surface area contributed by atoms with Crippen LogP contribution in [0.5, 0.6) is 0 Å². The normalized spacial score (nSPS) is 27.8. The van der Waals surface area contributed by atoms with Gasteiger partial charge in [0, 0.05) is 38.4 Å². The molecule has 0 aromatic carbocycles. The molecule has 0 bridgehead atoms. The predicted molar refractivity (Wildman–Crippen MR) is 79.2 cm³/mol. The third-order valence-corrected chi connectivity index (χ3v) is 5.00. The second kappa shape index (κ2) is 5.27. The Morgan fingerprint density at radius 1 is 1.38 bits per heavy atom. The molecule has 0 aliphatic carbocycles. The number of rotatable bonds is 1. The van der Waals surface area contributed by atoms with Crippen LogP contribution in [0, 0.1) is 0 Å². The van der Waals surface area contributed by atoms with Gasteiger partial charge >= 0.3 is 0 Å². The lowest BCUT2D eigenvalue weighted by Crippen LogP contribution is -2.52. The summed E-state index contributed by atoms with van der Waals surface area (Å²) < 4.78 is 26.6. The summed E-state index contributed by atoms with van der Waals surface area (Å²) >= 11 is 0. The zero-order valence-electron chi connectivity index (χ0n) is 11.8. The first kappa shape index (κ1) is 14.3. The molecule has 8 heteroatoms. The van der Waals surface area contributed by atoms with Gasteiger partial charge in [0.05, 0.1) is 11.3 Å². The predicted octanol–water partition coefficient (Wildman–Crippen LogP) is -0.696. The topological polar surface area (TPSA) is 82.1 Å². The summed E-state index contributed by atoms with van der Waals surface area (Å²) in [5.41, 5.74) is 0.571. The third-order valence-electron chi connectivity index (χ3n) is 3.83. The molecule has 0 aromatic rings. The van der Waals surface area contributed by atoms with Crippen LogP contribution in [0.25, 0.3) is 0 Å². The number of nitrogens with zero attached hydrogens (tertiary/aromatic N) is 3. The molecule has 1 N–H and O–H groups in total. The van der Waals surface area contributed by atoms with E-state index in [0.717, 1.165) is 13.1 Å². The first-order valence-corrected chi connectivity index (χ1v) is 8.58. The molecule has 21 heavy (non-hydrogen) atoms. The van der Waals surface area contributed by atoms with E-state index in [2.05, 4.69) is 9.71 Å². The molecule has 3 rings (SSSR count). The van der Waals surface area contributed by atoms with E-state index in [1.165, 1.54) is 0 Å². The highest BCUT2D eigenvalue weighted by atomic mass is 32.2. The number of fused-ring (bicyclic) bond motifs is 1. The summed E-state index contributed by atoms with van der Waals surface area (Å²) in [4.78, 5) is 16.1. The molecule has 1 fully saturated rings. The van der Waals surface area contributed by atoms with Crippen molar-refractivity contribution in [3.63, 3.8) is 0 Å². The number of amides is 1. The van der Waals surface area contributed by atoms with E-state index in [0.29, 0.717) is 24.5 Å². The standard InChI is InChI=1S/C13H18N4O3S/c1-10-8-14-4-5-17(10)13(18)11-2-3-12-15-21(19,20)7-6-16(12)9-11/h2-3,9-10,14H,4-8H2,1H3/t10-/m0/s1. The van der Waals surface area contributed by atoms with Crippen molar-refractivity contribution in [3.05, 3.63) is 23.9 Å². The first-order valence-electron chi connectivity index (χ1n) is 6.97. The lowest BCUT2D eigenvalue weighted by atomic mass is 10.1. The van der Waals surface area contributed by atoms with Crippen molar-refractivity contribution in [2.24, 2.45) is 4.40 Å². The summed E-state index contributed by atoms with van der Waals surface area (Å²) in [6.07, 6.45) is 4.94. The summed E-state index contributed by atoms with van der Waals surface area (Å²) in [6, 6.07) is 0.150. The van der Waals surface area contributed by atoms with Gasteiger partial charge in [-0.25, -0.2) is 8.42 Å². The lowest BCUT2D eigenvalue weighted by molar-refractivity contribution is -0.129.